The second-order valence-corrected chi connectivity index (χ2v) is 7.35. The first-order valence-corrected chi connectivity index (χ1v) is 9.76. The summed E-state index contributed by atoms with van der Waals surface area (Å²) in [7, 11) is 0. The van der Waals surface area contributed by atoms with Crippen molar-refractivity contribution < 1.29 is 19.1 Å². The van der Waals surface area contributed by atoms with Gasteiger partial charge in [-0.25, -0.2) is 4.39 Å². The van der Waals surface area contributed by atoms with E-state index in [1.807, 2.05) is 11.8 Å². The van der Waals surface area contributed by atoms with Gasteiger partial charge in [0, 0.05) is 31.4 Å². The van der Waals surface area contributed by atoms with Crippen LogP contribution >= 0.6 is 12.4 Å². The number of rotatable bonds is 6. The molecule has 0 saturated carbocycles. The Balaban J connectivity index is 0.00000280. The zero-order valence-corrected chi connectivity index (χ0v) is 17.0. The number of likely N-dealkylation sites (tertiary alicyclic amines) is 1. The lowest BCUT2D eigenvalue weighted by Crippen LogP contribution is -2.56. The van der Waals surface area contributed by atoms with Gasteiger partial charge in [0.15, 0.2) is 0 Å². The van der Waals surface area contributed by atoms with Gasteiger partial charge in [0.05, 0.1) is 12.6 Å². The smallest absolute Gasteiger partial charge is 0.317 e. The van der Waals surface area contributed by atoms with Crippen LogP contribution in [0.25, 0.3) is 0 Å². The number of hydrogen-bond donors (Lipinski definition) is 1. The molecule has 1 amide bonds. The SMILES string of the molecule is CCN(CC(=O)O)C1CCN(C2CCCN(c3cccc(F)c3)C2=O)CC1.Cl. The fourth-order valence-electron chi connectivity index (χ4n) is 4.33. The van der Waals surface area contributed by atoms with Crippen LogP contribution in [0.1, 0.15) is 32.6 Å². The summed E-state index contributed by atoms with van der Waals surface area (Å²) in [6.45, 7) is 4.96. The summed E-state index contributed by atoms with van der Waals surface area (Å²) < 4.78 is 13.5. The summed E-state index contributed by atoms with van der Waals surface area (Å²) >= 11 is 0. The standard InChI is InChI=1S/C20H28FN3O3.ClH/c1-2-22(14-19(25)26)16-8-11-23(12-9-16)18-7-4-10-24(20(18)27)17-6-3-5-15(21)13-17;/h3,5-6,13,16,18H,2,4,7-12,14H2,1H3,(H,25,26);1H. The van der Waals surface area contributed by atoms with Crippen molar-refractivity contribution >= 4 is 30.0 Å². The normalized spacial score (nSPS) is 21.6. The molecule has 2 aliphatic heterocycles. The Labute approximate surface area is 171 Å². The van der Waals surface area contributed by atoms with Crippen molar-refractivity contribution in [3.63, 3.8) is 0 Å². The minimum Gasteiger partial charge on any atom is -0.480 e. The van der Waals surface area contributed by atoms with Crippen molar-refractivity contribution in [3.8, 4) is 0 Å². The Bertz CT molecular complexity index is 682. The number of nitrogens with zero attached hydrogens (tertiary/aromatic N) is 3. The monoisotopic (exact) mass is 413 g/mol. The molecule has 0 bridgehead atoms. The van der Waals surface area contributed by atoms with Gasteiger partial charge in [-0.15, -0.1) is 12.4 Å². The number of carboxylic acid groups (broad SMARTS) is 1. The highest BCUT2D eigenvalue weighted by Gasteiger charge is 2.36. The third kappa shape index (κ3) is 5.21. The third-order valence-electron chi connectivity index (χ3n) is 5.73. The van der Waals surface area contributed by atoms with Crippen LogP contribution in [0.4, 0.5) is 10.1 Å². The Hall–Kier alpha value is -1.70. The molecule has 3 rings (SSSR count). The van der Waals surface area contributed by atoms with E-state index >= 15 is 0 Å². The Morgan fingerprint density at radius 3 is 2.57 bits per heavy atom. The molecule has 0 radical (unpaired) electrons. The van der Waals surface area contributed by atoms with E-state index in [1.54, 1.807) is 17.0 Å². The number of likely N-dealkylation sites (N-methyl/N-ethyl adjacent to an activating group) is 1. The Morgan fingerprint density at radius 2 is 1.96 bits per heavy atom. The molecule has 2 heterocycles. The molecule has 2 saturated heterocycles. The number of hydrogen-bond acceptors (Lipinski definition) is 4. The van der Waals surface area contributed by atoms with E-state index in [1.165, 1.54) is 12.1 Å². The summed E-state index contributed by atoms with van der Waals surface area (Å²) in [4.78, 5) is 30.0. The van der Waals surface area contributed by atoms with E-state index in [-0.39, 0.29) is 42.8 Å². The molecule has 1 aromatic carbocycles. The molecule has 2 aliphatic rings. The van der Waals surface area contributed by atoms with Gasteiger partial charge in [-0.3, -0.25) is 19.4 Å². The molecule has 8 heteroatoms. The van der Waals surface area contributed by atoms with Crippen molar-refractivity contribution in [2.75, 3.05) is 37.6 Å². The highest BCUT2D eigenvalue weighted by Crippen LogP contribution is 2.27. The summed E-state index contributed by atoms with van der Waals surface area (Å²) in [6, 6.07) is 6.29. The van der Waals surface area contributed by atoms with Crippen LogP contribution in [-0.4, -0.2) is 71.6 Å². The first kappa shape index (κ1) is 22.6. The average Bonchev–Trinajstić information content (AvgIpc) is 2.66. The molecular formula is C20H29ClFN3O3. The molecule has 1 unspecified atom stereocenters. The van der Waals surface area contributed by atoms with E-state index in [0.29, 0.717) is 18.8 Å². The molecular weight excluding hydrogens is 385 g/mol. The number of halogens is 2. The van der Waals surface area contributed by atoms with Gasteiger partial charge >= 0.3 is 5.97 Å². The van der Waals surface area contributed by atoms with Crippen LogP contribution < -0.4 is 4.90 Å². The van der Waals surface area contributed by atoms with Crippen LogP contribution in [0.3, 0.4) is 0 Å². The number of piperidine rings is 2. The van der Waals surface area contributed by atoms with E-state index in [9.17, 15) is 14.0 Å². The average molecular weight is 414 g/mol. The first-order valence-electron chi connectivity index (χ1n) is 9.76. The second-order valence-electron chi connectivity index (χ2n) is 7.35. The third-order valence-corrected chi connectivity index (χ3v) is 5.73. The number of amides is 1. The predicted molar refractivity (Wildman–Crippen MR) is 109 cm³/mol. The van der Waals surface area contributed by atoms with Crippen LogP contribution in [-0.2, 0) is 9.59 Å². The number of aliphatic carboxylic acids is 1. The maximum absolute atomic E-state index is 13.5. The van der Waals surface area contributed by atoms with Crippen LogP contribution in [0.2, 0.25) is 0 Å². The van der Waals surface area contributed by atoms with E-state index in [2.05, 4.69) is 4.90 Å². The molecule has 28 heavy (non-hydrogen) atoms. The predicted octanol–water partition coefficient (Wildman–Crippen LogP) is 2.61. The number of carboxylic acids is 1. The Morgan fingerprint density at radius 1 is 1.25 bits per heavy atom. The fraction of sp³-hybridized carbons (Fsp3) is 0.600. The topological polar surface area (TPSA) is 64.1 Å². The lowest BCUT2D eigenvalue weighted by Gasteiger charge is -2.43. The van der Waals surface area contributed by atoms with Gasteiger partial charge in [-0.05, 0) is 50.4 Å². The zero-order valence-electron chi connectivity index (χ0n) is 16.2. The maximum Gasteiger partial charge on any atom is 0.317 e. The number of carbonyl (C=O) groups excluding carboxylic acids is 1. The van der Waals surface area contributed by atoms with Gasteiger partial charge in [-0.1, -0.05) is 13.0 Å². The molecule has 0 aromatic heterocycles. The Kier molecular flexibility index (Phi) is 8.22. The molecule has 156 valence electrons. The van der Waals surface area contributed by atoms with Gasteiger partial charge in [0.2, 0.25) is 5.91 Å². The molecule has 1 aromatic rings. The van der Waals surface area contributed by atoms with E-state index < -0.39 is 5.97 Å². The first-order chi connectivity index (χ1) is 13.0. The van der Waals surface area contributed by atoms with Gasteiger partial charge < -0.3 is 10.0 Å². The summed E-state index contributed by atoms with van der Waals surface area (Å²) in [5.41, 5.74) is 0.623. The van der Waals surface area contributed by atoms with Gasteiger partial charge in [0.1, 0.15) is 5.82 Å². The van der Waals surface area contributed by atoms with Crippen molar-refractivity contribution in [1.29, 1.82) is 0 Å². The second kappa shape index (κ2) is 10.2. The van der Waals surface area contributed by atoms with E-state index in [4.69, 9.17) is 5.11 Å². The van der Waals surface area contributed by atoms with Gasteiger partial charge in [-0.2, -0.15) is 0 Å². The number of anilines is 1. The van der Waals surface area contributed by atoms with Crippen molar-refractivity contribution in [2.45, 2.75) is 44.7 Å². The highest BCUT2D eigenvalue weighted by atomic mass is 35.5. The zero-order chi connectivity index (χ0) is 19.4. The van der Waals surface area contributed by atoms with E-state index in [0.717, 1.165) is 38.8 Å². The molecule has 0 spiro atoms. The molecule has 2 fully saturated rings. The van der Waals surface area contributed by atoms with Crippen molar-refractivity contribution in [3.05, 3.63) is 30.1 Å². The van der Waals surface area contributed by atoms with Gasteiger partial charge in [0.25, 0.3) is 0 Å². The minimum absolute atomic E-state index is 0. The fourth-order valence-corrected chi connectivity index (χ4v) is 4.33. The molecule has 6 nitrogen and oxygen atoms in total. The minimum atomic E-state index is -0.799. The number of carbonyl (C=O) groups is 2. The molecule has 1 atom stereocenters. The lowest BCUT2D eigenvalue weighted by atomic mass is 9.96. The summed E-state index contributed by atoms with van der Waals surface area (Å²) in [5, 5.41) is 9.06. The van der Waals surface area contributed by atoms with Crippen LogP contribution in [0.15, 0.2) is 24.3 Å². The van der Waals surface area contributed by atoms with Crippen molar-refractivity contribution in [2.24, 2.45) is 0 Å². The molecule has 0 aliphatic carbocycles. The summed E-state index contributed by atoms with van der Waals surface area (Å²) in [5.74, 6) is -1.09. The van der Waals surface area contributed by atoms with Crippen molar-refractivity contribution in [1.82, 2.24) is 9.80 Å². The lowest BCUT2D eigenvalue weighted by molar-refractivity contribution is -0.139. The van der Waals surface area contributed by atoms with Crippen LogP contribution in [0, 0.1) is 5.82 Å². The largest absolute Gasteiger partial charge is 0.480 e. The molecule has 1 N–H and O–H groups in total. The van der Waals surface area contributed by atoms with Crippen LogP contribution in [0.5, 0.6) is 0 Å². The summed E-state index contributed by atoms with van der Waals surface area (Å²) in [6.07, 6.45) is 3.45. The quantitative estimate of drug-likeness (QED) is 0.776. The maximum atomic E-state index is 13.5. The highest BCUT2D eigenvalue weighted by molar-refractivity contribution is 5.97. The number of benzene rings is 1.